The smallest absolute Gasteiger partial charge is 0.550 e. The Hall–Kier alpha value is 0.130. The number of carboxylic acids is 1. The molecule has 2 unspecified atom stereocenters. The molecule has 2 N–H and O–H groups in total. The van der Waals surface area contributed by atoms with Gasteiger partial charge < -0.3 is 20.1 Å². The molecule has 0 aromatic heterocycles. The van der Waals surface area contributed by atoms with E-state index in [0.717, 1.165) is 32.1 Å². The number of hydrogen-bond donors (Lipinski definition) is 2. The Balaban J connectivity index is 0. The Kier molecular flexibility index (Phi) is 23.4. The van der Waals surface area contributed by atoms with E-state index in [0.29, 0.717) is 6.42 Å². The predicted octanol–water partition coefficient (Wildman–Crippen LogP) is 0.747. The van der Waals surface area contributed by atoms with Gasteiger partial charge in [0.05, 0.1) is 12.7 Å². The molecule has 148 valence electrons. The van der Waals surface area contributed by atoms with E-state index in [1.807, 2.05) is 0 Å². The molecular weight excluding hydrogens is 339 g/mol. The number of aliphatic hydroxyl groups is 2. The van der Waals surface area contributed by atoms with Gasteiger partial charge in [-0.25, -0.2) is 0 Å². The number of rotatable bonds is 18. The number of carboxylic acid groups (broad SMARTS) is 1. The molecule has 0 aliphatic rings. The Morgan fingerprint density at radius 2 is 1.42 bits per heavy atom. The quantitative estimate of drug-likeness (QED) is 0.210. The zero-order chi connectivity index (χ0) is 18.8. The van der Waals surface area contributed by atoms with Crippen molar-refractivity contribution in [2.45, 2.75) is 103 Å². The molecule has 0 rings (SSSR count). The summed E-state index contributed by atoms with van der Waals surface area (Å²) in [5.41, 5.74) is 0. The van der Waals surface area contributed by atoms with E-state index in [2.05, 4.69) is 19.1 Å². The standard InChI is InChI=1S/C21H40O4.Na/c1-2-3-4-5-6-7-8-9-10-11-12-13-14-15-16-19(21(24)25)17-20(23)18-22;/h9-10,19-20,22-23H,2-8,11-18H2,1H3,(H,24,25);/q;+1/p-1/b10-9-;. The third kappa shape index (κ3) is 18.9. The maximum atomic E-state index is 11.0. The van der Waals surface area contributed by atoms with Crippen molar-refractivity contribution >= 4 is 5.97 Å². The van der Waals surface area contributed by atoms with Crippen LogP contribution in [0.25, 0.3) is 0 Å². The Morgan fingerprint density at radius 1 is 0.923 bits per heavy atom. The molecule has 0 aliphatic heterocycles. The monoisotopic (exact) mass is 378 g/mol. The van der Waals surface area contributed by atoms with Crippen LogP contribution in [0.2, 0.25) is 0 Å². The zero-order valence-corrected chi connectivity index (χ0v) is 19.1. The van der Waals surface area contributed by atoms with Gasteiger partial charge in [-0.1, -0.05) is 70.4 Å². The molecule has 4 nitrogen and oxygen atoms in total. The Morgan fingerprint density at radius 3 is 1.92 bits per heavy atom. The van der Waals surface area contributed by atoms with Gasteiger partial charge in [-0.05, 0) is 38.5 Å². The molecular formula is C21H39NaO4. The van der Waals surface area contributed by atoms with Crippen LogP contribution >= 0.6 is 0 Å². The van der Waals surface area contributed by atoms with Crippen LogP contribution in [0.4, 0.5) is 0 Å². The van der Waals surface area contributed by atoms with Crippen LogP contribution in [0.1, 0.15) is 96.8 Å². The molecule has 0 aromatic rings. The summed E-state index contributed by atoms with van der Waals surface area (Å²) in [6.45, 7) is 1.85. The second-order valence-corrected chi connectivity index (χ2v) is 7.11. The van der Waals surface area contributed by atoms with Crippen molar-refractivity contribution in [3.63, 3.8) is 0 Å². The summed E-state index contributed by atoms with van der Waals surface area (Å²) in [6, 6.07) is 0. The molecule has 0 radical (unpaired) electrons. The largest absolute Gasteiger partial charge is 1.00 e. The topological polar surface area (TPSA) is 80.6 Å². The maximum Gasteiger partial charge on any atom is 1.00 e. The van der Waals surface area contributed by atoms with E-state index in [4.69, 9.17) is 5.11 Å². The van der Waals surface area contributed by atoms with Gasteiger partial charge in [0.15, 0.2) is 0 Å². The van der Waals surface area contributed by atoms with Crippen LogP contribution in [0.5, 0.6) is 0 Å². The van der Waals surface area contributed by atoms with Gasteiger partial charge in [-0.15, -0.1) is 0 Å². The fourth-order valence-corrected chi connectivity index (χ4v) is 3.02. The first-order chi connectivity index (χ1) is 12.1. The molecule has 0 aliphatic carbocycles. The first kappa shape index (κ1) is 28.3. The number of carbonyl (C=O) groups is 1. The van der Waals surface area contributed by atoms with Gasteiger partial charge in [0.1, 0.15) is 0 Å². The summed E-state index contributed by atoms with van der Waals surface area (Å²) >= 11 is 0. The van der Waals surface area contributed by atoms with Crippen LogP contribution < -0.4 is 34.7 Å². The van der Waals surface area contributed by atoms with E-state index in [9.17, 15) is 15.0 Å². The second-order valence-electron chi connectivity index (χ2n) is 7.11. The number of hydrogen-bond acceptors (Lipinski definition) is 4. The summed E-state index contributed by atoms with van der Waals surface area (Å²) in [7, 11) is 0. The van der Waals surface area contributed by atoms with Gasteiger partial charge in [0.2, 0.25) is 0 Å². The summed E-state index contributed by atoms with van der Waals surface area (Å²) < 4.78 is 0. The van der Waals surface area contributed by atoms with E-state index < -0.39 is 24.6 Å². The fourth-order valence-electron chi connectivity index (χ4n) is 3.02. The van der Waals surface area contributed by atoms with Gasteiger partial charge >= 0.3 is 29.6 Å². The van der Waals surface area contributed by atoms with Crippen molar-refractivity contribution in [1.82, 2.24) is 0 Å². The number of unbranched alkanes of at least 4 members (excludes halogenated alkanes) is 10. The van der Waals surface area contributed by atoms with Crippen molar-refractivity contribution < 1.29 is 49.7 Å². The normalized spacial score (nSPS) is 13.5. The molecule has 2 atom stereocenters. The minimum absolute atomic E-state index is 0. The number of allylic oxidation sites excluding steroid dienone is 2. The third-order valence-corrected chi connectivity index (χ3v) is 4.67. The van der Waals surface area contributed by atoms with Crippen LogP contribution in [-0.4, -0.2) is 28.9 Å². The van der Waals surface area contributed by atoms with Gasteiger partial charge in [0.25, 0.3) is 0 Å². The molecule has 26 heavy (non-hydrogen) atoms. The van der Waals surface area contributed by atoms with E-state index in [1.54, 1.807) is 0 Å². The second kappa shape index (κ2) is 21.4. The van der Waals surface area contributed by atoms with Gasteiger partial charge in [0, 0.05) is 11.9 Å². The fraction of sp³-hybridized carbons (Fsp3) is 0.857. The summed E-state index contributed by atoms with van der Waals surface area (Å²) in [5, 5.41) is 29.1. The summed E-state index contributed by atoms with van der Waals surface area (Å²) in [4.78, 5) is 11.0. The molecule has 0 saturated heterocycles. The molecule has 5 heteroatoms. The molecule has 0 fully saturated rings. The van der Waals surface area contributed by atoms with Gasteiger partial charge in [-0.2, -0.15) is 0 Å². The number of carbonyl (C=O) groups excluding carboxylic acids is 1. The van der Waals surface area contributed by atoms with Crippen LogP contribution in [0, 0.1) is 5.92 Å². The zero-order valence-electron chi connectivity index (χ0n) is 17.1. The van der Waals surface area contributed by atoms with Crippen LogP contribution in [0.3, 0.4) is 0 Å². The Labute approximate surface area is 182 Å². The van der Waals surface area contributed by atoms with Crippen molar-refractivity contribution in [3.8, 4) is 0 Å². The molecule has 0 heterocycles. The minimum Gasteiger partial charge on any atom is -0.550 e. The maximum absolute atomic E-state index is 11.0. The van der Waals surface area contributed by atoms with Gasteiger partial charge in [-0.3, -0.25) is 0 Å². The summed E-state index contributed by atoms with van der Waals surface area (Å²) in [6.07, 6.45) is 18.6. The Bertz CT molecular complexity index is 334. The van der Waals surface area contributed by atoms with Crippen molar-refractivity contribution in [2.24, 2.45) is 5.92 Å². The molecule has 0 bridgehead atoms. The van der Waals surface area contributed by atoms with E-state index in [1.165, 1.54) is 44.9 Å². The van der Waals surface area contributed by atoms with E-state index in [-0.39, 0.29) is 36.0 Å². The van der Waals surface area contributed by atoms with Crippen molar-refractivity contribution in [1.29, 1.82) is 0 Å². The van der Waals surface area contributed by atoms with E-state index >= 15 is 0 Å². The number of aliphatic carboxylic acids is 1. The first-order valence-electron chi connectivity index (χ1n) is 10.3. The third-order valence-electron chi connectivity index (χ3n) is 4.67. The predicted molar refractivity (Wildman–Crippen MR) is 101 cm³/mol. The van der Waals surface area contributed by atoms with Crippen LogP contribution in [0.15, 0.2) is 12.2 Å². The minimum atomic E-state index is -1.12. The first-order valence-corrected chi connectivity index (χ1v) is 10.3. The molecule has 0 aromatic carbocycles. The molecule has 0 saturated carbocycles. The molecule has 0 amide bonds. The summed E-state index contributed by atoms with van der Waals surface area (Å²) in [5.74, 6) is -1.77. The average molecular weight is 379 g/mol. The van der Waals surface area contributed by atoms with Crippen LogP contribution in [-0.2, 0) is 4.79 Å². The average Bonchev–Trinajstić information content (AvgIpc) is 2.60. The molecule has 0 spiro atoms. The van der Waals surface area contributed by atoms with Crippen molar-refractivity contribution in [3.05, 3.63) is 12.2 Å². The SMILES string of the molecule is CCCCCCCC/C=C\CCCCCCC(CC(O)CO)C(=O)[O-].[Na+]. The van der Waals surface area contributed by atoms with Crippen molar-refractivity contribution in [2.75, 3.05) is 6.61 Å². The number of aliphatic hydroxyl groups excluding tert-OH is 2.